The Hall–Kier alpha value is -1.13. The van der Waals surface area contributed by atoms with Gasteiger partial charge in [0.05, 0.1) is 6.20 Å². The third-order valence-corrected chi connectivity index (χ3v) is 5.04. The van der Waals surface area contributed by atoms with E-state index < -0.39 is 31.2 Å². The second-order valence-electron chi connectivity index (χ2n) is 4.00. The summed E-state index contributed by atoms with van der Waals surface area (Å²) >= 11 is 0. The van der Waals surface area contributed by atoms with Crippen LogP contribution < -0.4 is 4.28 Å². The Morgan fingerprint density at radius 1 is 1.37 bits per heavy atom. The minimum atomic E-state index is -4.43. The van der Waals surface area contributed by atoms with E-state index in [4.69, 9.17) is 4.55 Å². The quantitative estimate of drug-likeness (QED) is 0.676. The summed E-state index contributed by atoms with van der Waals surface area (Å²) in [6, 6.07) is 0. The largest absolute Gasteiger partial charge is 0.328 e. The molecule has 0 bridgehead atoms. The summed E-state index contributed by atoms with van der Waals surface area (Å²) in [5.74, 6) is -0.802. The lowest BCUT2D eigenvalue weighted by atomic mass is 10.2. The molecule has 10 heteroatoms. The van der Waals surface area contributed by atoms with Gasteiger partial charge in [-0.05, 0) is 6.42 Å². The predicted molar refractivity (Wildman–Crippen MR) is 67.5 cm³/mol. The maximum atomic E-state index is 11.7. The van der Waals surface area contributed by atoms with Gasteiger partial charge in [-0.2, -0.15) is 21.6 Å². The van der Waals surface area contributed by atoms with E-state index >= 15 is 0 Å². The summed E-state index contributed by atoms with van der Waals surface area (Å²) in [7, 11) is -8.57. The number of imidazole rings is 1. The minimum absolute atomic E-state index is 0.0574. The van der Waals surface area contributed by atoms with Crippen molar-refractivity contribution in [3.63, 3.8) is 0 Å². The van der Waals surface area contributed by atoms with Crippen LogP contribution in [0.3, 0.4) is 0 Å². The fourth-order valence-corrected chi connectivity index (χ4v) is 4.12. The van der Waals surface area contributed by atoms with Gasteiger partial charge in [-0.25, -0.2) is 4.98 Å². The first kappa shape index (κ1) is 15.9. The summed E-state index contributed by atoms with van der Waals surface area (Å²) in [5.41, 5.74) is 0. The van der Waals surface area contributed by atoms with Gasteiger partial charge in [0.15, 0.2) is 0 Å². The maximum absolute atomic E-state index is 11.7. The highest BCUT2D eigenvalue weighted by Crippen LogP contribution is 2.12. The smallest absolute Gasteiger partial charge is 0.286 e. The molecule has 1 unspecified atom stereocenters. The molecule has 1 atom stereocenters. The Kier molecular flexibility index (Phi) is 5.32. The molecule has 0 amide bonds. The summed E-state index contributed by atoms with van der Waals surface area (Å²) in [4.78, 5) is 3.59. The Morgan fingerprint density at radius 2 is 2.05 bits per heavy atom. The molecule has 1 aromatic heterocycles. The topological polar surface area (TPSA) is 116 Å². The van der Waals surface area contributed by atoms with Crippen LogP contribution in [0.1, 0.15) is 26.2 Å². The van der Waals surface area contributed by atoms with Crippen molar-refractivity contribution in [2.75, 3.05) is 5.75 Å². The van der Waals surface area contributed by atoms with E-state index in [1.54, 1.807) is 0 Å². The van der Waals surface area contributed by atoms with Crippen molar-refractivity contribution in [3.8, 4) is 0 Å². The third-order valence-electron chi connectivity index (χ3n) is 2.37. The van der Waals surface area contributed by atoms with Crippen molar-refractivity contribution < 1.29 is 25.7 Å². The number of hydrogen-bond donors (Lipinski definition) is 1. The number of hydrogen-bond acceptors (Lipinski definition) is 6. The van der Waals surface area contributed by atoms with Crippen LogP contribution in [-0.4, -0.2) is 42.1 Å². The molecule has 1 heterocycles. The van der Waals surface area contributed by atoms with Crippen molar-refractivity contribution in [1.29, 1.82) is 0 Å². The van der Waals surface area contributed by atoms with Crippen LogP contribution in [0, 0.1) is 0 Å². The minimum Gasteiger partial charge on any atom is -0.286 e. The molecule has 0 aromatic carbocycles. The highest BCUT2D eigenvalue weighted by molar-refractivity contribution is 7.90. The van der Waals surface area contributed by atoms with Gasteiger partial charge in [-0.1, -0.05) is 19.8 Å². The lowest BCUT2D eigenvalue weighted by Crippen LogP contribution is -2.33. The van der Waals surface area contributed by atoms with E-state index in [9.17, 15) is 16.8 Å². The molecule has 0 aliphatic rings. The molecule has 0 saturated heterocycles. The van der Waals surface area contributed by atoms with E-state index in [0.717, 1.165) is 11.1 Å². The van der Waals surface area contributed by atoms with E-state index in [2.05, 4.69) is 9.27 Å². The first-order valence-electron chi connectivity index (χ1n) is 5.61. The van der Waals surface area contributed by atoms with E-state index in [1.165, 1.54) is 12.4 Å². The van der Waals surface area contributed by atoms with Crippen LogP contribution in [0.5, 0.6) is 0 Å². The van der Waals surface area contributed by atoms with Crippen LogP contribution in [0.4, 0.5) is 0 Å². The lowest BCUT2D eigenvalue weighted by Gasteiger charge is -2.13. The number of nitrogens with zero attached hydrogens (tertiary/aromatic N) is 2. The summed E-state index contributed by atoms with van der Waals surface area (Å²) < 4.78 is 60.1. The van der Waals surface area contributed by atoms with Gasteiger partial charge in [0.1, 0.15) is 17.3 Å². The molecule has 19 heavy (non-hydrogen) atoms. The highest BCUT2D eigenvalue weighted by atomic mass is 32.2. The van der Waals surface area contributed by atoms with Gasteiger partial charge in [0, 0.05) is 6.20 Å². The SMILES string of the molecule is CCCCC(CS(=O)(=O)On1ccnc1)S(=O)(=O)O. The van der Waals surface area contributed by atoms with Crippen LogP contribution in [-0.2, 0) is 20.2 Å². The fraction of sp³-hybridized carbons (Fsp3) is 0.667. The van der Waals surface area contributed by atoms with E-state index in [1.807, 2.05) is 6.92 Å². The number of unbranched alkanes of at least 4 members (excludes halogenated alkanes) is 1. The fourth-order valence-electron chi connectivity index (χ4n) is 1.43. The van der Waals surface area contributed by atoms with Gasteiger partial charge in [0.25, 0.3) is 10.1 Å². The van der Waals surface area contributed by atoms with Gasteiger partial charge in [-0.15, -0.1) is 0 Å². The standard InChI is InChI=1S/C9H16N2O6S2/c1-2-3-4-9(19(14,15)16)7-18(12,13)17-11-6-5-10-8-11/h5-6,8-9H,2-4,7H2,1H3,(H,14,15,16). The first-order valence-corrected chi connectivity index (χ1v) is 8.69. The second kappa shape index (κ2) is 6.35. The average molecular weight is 312 g/mol. The average Bonchev–Trinajstić information content (AvgIpc) is 2.74. The summed E-state index contributed by atoms with van der Waals surface area (Å²) in [5, 5.41) is -1.39. The van der Waals surface area contributed by atoms with Crippen molar-refractivity contribution in [1.82, 2.24) is 9.71 Å². The van der Waals surface area contributed by atoms with Crippen LogP contribution in [0.2, 0.25) is 0 Å². The molecule has 0 saturated carbocycles. The monoisotopic (exact) mass is 312 g/mol. The zero-order valence-corrected chi connectivity index (χ0v) is 12.0. The Bertz CT molecular complexity index is 578. The molecule has 110 valence electrons. The zero-order chi connectivity index (χ0) is 14.5. The molecule has 0 radical (unpaired) electrons. The molecule has 0 aliphatic carbocycles. The summed E-state index contributed by atoms with van der Waals surface area (Å²) in [6.07, 6.45) is 4.92. The van der Waals surface area contributed by atoms with Crippen LogP contribution in [0.25, 0.3) is 0 Å². The van der Waals surface area contributed by atoms with Gasteiger partial charge in [-0.3, -0.25) is 8.84 Å². The van der Waals surface area contributed by atoms with Crippen LogP contribution in [0.15, 0.2) is 18.7 Å². The second-order valence-corrected chi connectivity index (χ2v) is 7.30. The Labute approximate surface area is 112 Å². The van der Waals surface area contributed by atoms with Gasteiger partial charge >= 0.3 is 10.1 Å². The molecule has 1 rings (SSSR count). The van der Waals surface area contributed by atoms with Crippen molar-refractivity contribution in [3.05, 3.63) is 18.7 Å². The van der Waals surface area contributed by atoms with Crippen molar-refractivity contribution in [2.45, 2.75) is 31.4 Å². The molecule has 0 spiro atoms. The number of aromatic nitrogens is 2. The summed E-state index contributed by atoms with van der Waals surface area (Å²) in [6.45, 7) is 1.83. The molecule has 0 aliphatic heterocycles. The van der Waals surface area contributed by atoms with Crippen LogP contribution >= 0.6 is 0 Å². The Morgan fingerprint density at radius 3 is 2.53 bits per heavy atom. The third kappa shape index (κ3) is 5.57. The first-order chi connectivity index (χ1) is 8.74. The van der Waals surface area contributed by atoms with Crippen molar-refractivity contribution >= 4 is 20.2 Å². The number of rotatable bonds is 8. The lowest BCUT2D eigenvalue weighted by molar-refractivity contribution is 0.278. The highest BCUT2D eigenvalue weighted by Gasteiger charge is 2.30. The molecule has 0 fully saturated rings. The Balaban J connectivity index is 2.77. The van der Waals surface area contributed by atoms with E-state index in [-0.39, 0.29) is 6.42 Å². The molecular formula is C9H16N2O6S2. The molecule has 1 N–H and O–H groups in total. The van der Waals surface area contributed by atoms with Gasteiger partial charge < -0.3 is 0 Å². The van der Waals surface area contributed by atoms with E-state index in [0.29, 0.717) is 12.8 Å². The molecule has 8 nitrogen and oxygen atoms in total. The van der Waals surface area contributed by atoms with Gasteiger partial charge in [0.2, 0.25) is 0 Å². The molecule has 1 aromatic rings. The zero-order valence-electron chi connectivity index (χ0n) is 10.3. The normalized spacial score (nSPS) is 14.2. The molecular weight excluding hydrogens is 296 g/mol. The maximum Gasteiger partial charge on any atom is 0.328 e. The predicted octanol–water partition coefficient (Wildman–Crippen LogP) is 0.0881. The van der Waals surface area contributed by atoms with Crippen molar-refractivity contribution in [2.24, 2.45) is 0 Å².